The number of hydrogen-bond acceptors (Lipinski definition) is 4. The number of ether oxygens (including phenoxy) is 1. The second-order valence-corrected chi connectivity index (χ2v) is 7.57. The van der Waals surface area contributed by atoms with Crippen molar-refractivity contribution in [2.45, 2.75) is 33.7 Å². The molecule has 1 aromatic heterocycles. The van der Waals surface area contributed by atoms with Crippen LogP contribution in [-0.2, 0) is 17.7 Å². The van der Waals surface area contributed by atoms with Gasteiger partial charge in [-0.3, -0.25) is 4.90 Å². The predicted molar refractivity (Wildman–Crippen MR) is 103 cm³/mol. The number of rotatable bonds is 8. The molecule has 0 amide bonds. The van der Waals surface area contributed by atoms with Crippen LogP contribution >= 0.6 is 11.3 Å². The van der Waals surface area contributed by atoms with E-state index in [1.165, 1.54) is 9.75 Å². The Morgan fingerprint density at radius 3 is 2.67 bits per heavy atom. The van der Waals surface area contributed by atoms with Crippen molar-refractivity contribution in [1.29, 1.82) is 0 Å². The molecule has 0 saturated carbocycles. The number of aryl methyl sites for hydroxylation is 1. The Hall–Kier alpha value is -1.11. The van der Waals surface area contributed by atoms with Crippen LogP contribution in [0.5, 0.6) is 0 Å². The Kier molecular flexibility index (Phi) is 8.56. The number of thiophene rings is 1. The molecule has 136 valence electrons. The van der Waals surface area contributed by atoms with E-state index in [1.54, 1.807) is 0 Å². The van der Waals surface area contributed by atoms with Gasteiger partial charge in [0.2, 0.25) is 0 Å². The van der Waals surface area contributed by atoms with Crippen LogP contribution in [0.25, 0.3) is 0 Å². The largest absolute Gasteiger partial charge is 0.379 e. The zero-order valence-corrected chi connectivity index (χ0v) is 16.1. The molecule has 5 nitrogen and oxygen atoms in total. The van der Waals surface area contributed by atoms with E-state index in [2.05, 4.69) is 48.4 Å². The highest BCUT2D eigenvalue weighted by Gasteiger charge is 2.13. The fraction of sp³-hybridized carbons (Fsp3) is 0.722. The molecule has 0 bridgehead atoms. The van der Waals surface area contributed by atoms with Crippen molar-refractivity contribution in [2.24, 2.45) is 10.9 Å². The Bertz CT molecular complexity index is 497. The van der Waals surface area contributed by atoms with Crippen molar-refractivity contribution in [1.82, 2.24) is 15.5 Å². The van der Waals surface area contributed by atoms with E-state index in [0.29, 0.717) is 5.92 Å². The van der Waals surface area contributed by atoms with Crippen molar-refractivity contribution in [3.63, 3.8) is 0 Å². The summed E-state index contributed by atoms with van der Waals surface area (Å²) >= 11 is 1.86. The van der Waals surface area contributed by atoms with Gasteiger partial charge in [0.05, 0.1) is 19.8 Å². The van der Waals surface area contributed by atoms with Crippen molar-refractivity contribution in [2.75, 3.05) is 45.9 Å². The molecule has 1 unspecified atom stereocenters. The summed E-state index contributed by atoms with van der Waals surface area (Å²) < 4.78 is 5.41. The zero-order chi connectivity index (χ0) is 17.2. The molecule has 2 heterocycles. The quantitative estimate of drug-likeness (QED) is 0.557. The molecule has 1 aliphatic heterocycles. The maximum absolute atomic E-state index is 5.41. The van der Waals surface area contributed by atoms with Gasteiger partial charge in [-0.1, -0.05) is 13.8 Å². The van der Waals surface area contributed by atoms with Crippen LogP contribution in [0.3, 0.4) is 0 Å². The molecule has 1 aromatic rings. The molecule has 2 N–H and O–H groups in total. The molecule has 0 radical (unpaired) electrons. The number of aliphatic imine (C=N–C) groups is 1. The molecule has 0 aliphatic carbocycles. The number of guanidine groups is 1. The molecule has 6 heteroatoms. The molecule has 1 saturated heterocycles. The molecule has 0 aromatic carbocycles. The molecule has 24 heavy (non-hydrogen) atoms. The first-order valence-electron chi connectivity index (χ1n) is 9.11. The number of nitrogens with one attached hydrogen (secondary N) is 2. The van der Waals surface area contributed by atoms with Crippen molar-refractivity contribution in [3.05, 3.63) is 21.9 Å². The molecule has 2 rings (SSSR count). The Labute approximate surface area is 150 Å². The summed E-state index contributed by atoms with van der Waals surface area (Å²) in [5, 5.41) is 6.83. The summed E-state index contributed by atoms with van der Waals surface area (Å²) in [5.74, 6) is 1.50. The van der Waals surface area contributed by atoms with Gasteiger partial charge in [0.15, 0.2) is 5.96 Å². The van der Waals surface area contributed by atoms with Crippen molar-refractivity contribution in [3.8, 4) is 0 Å². The highest BCUT2D eigenvalue weighted by atomic mass is 32.1. The Morgan fingerprint density at radius 1 is 1.25 bits per heavy atom. The van der Waals surface area contributed by atoms with Crippen LogP contribution < -0.4 is 10.6 Å². The van der Waals surface area contributed by atoms with Crippen LogP contribution in [0.4, 0.5) is 0 Å². The van der Waals surface area contributed by atoms with Crippen molar-refractivity contribution >= 4 is 17.3 Å². The van der Waals surface area contributed by atoms with Crippen LogP contribution in [0.15, 0.2) is 17.1 Å². The average Bonchev–Trinajstić information content (AvgIpc) is 3.06. The van der Waals surface area contributed by atoms with Crippen LogP contribution in [0, 0.1) is 5.92 Å². The molecule has 1 atom stereocenters. The second-order valence-electron chi connectivity index (χ2n) is 6.32. The van der Waals surface area contributed by atoms with E-state index < -0.39 is 0 Å². The second kappa shape index (κ2) is 10.7. The summed E-state index contributed by atoms with van der Waals surface area (Å²) in [6.45, 7) is 14.1. The molecular formula is C18H32N4OS. The predicted octanol–water partition coefficient (Wildman–Crippen LogP) is 2.33. The lowest BCUT2D eigenvalue weighted by molar-refractivity contribution is 0.0320. The molecule has 0 spiro atoms. The normalized spacial score (nSPS) is 17.7. The summed E-state index contributed by atoms with van der Waals surface area (Å²) in [6.07, 6.45) is 1.10. The Balaban J connectivity index is 1.77. The van der Waals surface area contributed by atoms with E-state index in [-0.39, 0.29) is 0 Å². The first-order valence-corrected chi connectivity index (χ1v) is 9.92. The lowest BCUT2D eigenvalue weighted by Crippen LogP contribution is -2.44. The van der Waals surface area contributed by atoms with Gasteiger partial charge in [-0.15, -0.1) is 11.3 Å². The van der Waals surface area contributed by atoms with Crippen LogP contribution in [0.2, 0.25) is 0 Å². The van der Waals surface area contributed by atoms with Gasteiger partial charge in [-0.05, 0) is 31.4 Å². The van der Waals surface area contributed by atoms with E-state index in [9.17, 15) is 0 Å². The van der Waals surface area contributed by atoms with Gasteiger partial charge >= 0.3 is 0 Å². The summed E-state index contributed by atoms with van der Waals surface area (Å²) in [5.41, 5.74) is 0. The third kappa shape index (κ3) is 6.79. The van der Waals surface area contributed by atoms with Gasteiger partial charge in [0.1, 0.15) is 0 Å². The first-order chi connectivity index (χ1) is 11.7. The third-order valence-corrected chi connectivity index (χ3v) is 5.31. The molecule has 1 fully saturated rings. The van der Waals surface area contributed by atoms with E-state index in [4.69, 9.17) is 9.73 Å². The highest BCUT2D eigenvalue weighted by molar-refractivity contribution is 7.11. The lowest BCUT2D eigenvalue weighted by atomic mass is 10.1. The minimum absolute atomic E-state index is 0.584. The SMILES string of the molecule is CCNC(=NCc1ccc(CC)s1)NCC(C)CN1CCOCC1. The zero-order valence-electron chi connectivity index (χ0n) is 15.3. The van der Waals surface area contributed by atoms with Crippen molar-refractivity contribution < 1.29 is 4.74 Å². The van der Waals surface area contributed by atoms with Crippen LogP contribution in [-0.4, -0.2) is 56.8 Å². The maximum atomic E-state index is 5.41. The fourth-order valence-corrected chi connectivity index (χ4v) is 3.64. The summed E-state index contributed by atoms with van der Waals surface area (Å²) in [6, 6.07) is 4.40. The van der Waals surface area contributed by atoms with Gasteiger partial charge in [-0.2, -0.15) is 0 Å². The third-order valence-electron chi connectivity index (χ3n) is 4.09. The monoisotopic (exact) mass is 352 g/mol. The van der Waals surface area contributed by atoms with Gasteiger partial charge in [-0.25, -0.2) is 4.99 Å². The standard InChI is InChI=1S/C18H32N4OS/c1-4-16-6-7-17(24-16)13-21-18(19-5-2)20-12-15(3)14-22-8-10-23-11-9-22/h6-7,15H,4-5,8-14H2,1-3H3,(H2,19,20,21). The molecular weight excluding hydrogens is 320 g/mol. The van der Waals surface area contributed by atoms with Gasteiger partial charge < -0.3 is 15.4 Å². The molecule has 1 aliphatic rings. The summed E-state index contributed by atoms with van der Waals surface area (Å²) in [7, 11) is 0. The van der Waals surface area contributed by atoms with Crippen LogP contribution in [0.1, 0.15) is 30.5 Å². The lowest BCUT2D eigenvalue weighted by Gasteiger charge is -2.29. The van der Waals surface area contributed by atoms with Gasteiger partial charge in [0.25, 0.3) is 0 Å². The Morgan fingerprint density at radius 2 is 2.00 bits per heavy atom. The number of hydrogen-bond donors (Lipinski definition) is 2. The minimum atomic E-state index is 0.584. The number of nitrogens with zero attached hydrogens (tertiary/aromatic N) is 2. The number of morpholine rings is 1. The van der Waals surface area contributed by atoms with Gasteiger partial charge in [0, 0.05) is 42.5 Å². The fourth-order valence-electron chi connectivity index (χ4n) is 2.76. The summed E-state index contributed by atoms with van der Waals surface area (Å²) in [4.78, 5) is 9.96. The van der Waals surface area contributed by atoms with E-state index in [1.807, 2.05) is 11.3 Å². The van der Waals surface area contributed by atoms with E-state index in [0.717, 1.165) is 64.9 Å². The smallest absolute Gasteiger partial charge is 0.191 e. The minimum Gasteiger partial charge on any atom is -0.379 e. The topological polar surface area (TPSA) is 48.9 Å². The van der Waals surface area contributed by atoms with E-state index >= 15 is 0 Å². The average molecular weight is 353 g/mol. The highest BCUT2D eigenvalue weighted by Crippen LogP contribution is 2.17. The maximum Gasteiger partial charge on any atom is 0.191 e. The first kappa shape index (κ1) is 19.2.